The van der Waals surface area contributed by atoms with Gasteiger partial charge in [-0.1, -0.05) is 12.1 Å². The molecule has 0 atom stereocenters. The van der Waals surface area contributed by atoms with Crippen LogP contribution in [0, 0.1) is 6.92 Å². The van der Waals surface area contributed by atoms with Crippen molar-refractivity contribution in [3.8, 4) is 0 Å². The van der Waals surface area contributed by atoms with Crippen molar-refractivity contribution in [3.63, 3.8) is 0 Å². The zero-order valence-corrected chi connectivity index (χ0v) is 14.6. The van der Waals surface area contributed by atoms with Gasteiger partial charge in [0.15, 0.2) is 5.76 Å². The highest BCUT2D eigenvalue weighted by Gasteiger charge is 2.28. The van der Waals surface area contributed by atoms with Crippen LogP contribution in [-0.4, -0.2) is 54.5 Å². The Kier molecular flexibility index (Phi) is 5.07. The number of carbonyl (C=O) groups excluding carboxylic acids is 2. The first-order chi connectivity index (χ1) is 12.1. The van der Waals surface area contributed by atoms with E-state index in [1.807, 2.05) is 38.1 Å². The molecule has 1 saturated heterocycles. The zero-order chi connectivity index (χ0) is 17.8. The fourth-order valence-electron chi connectivity index (χ4n) is 3.05. The quantitative estimate of drug-likeness (QED) is 0.862. The molecule has 0 aliphatic carbocycles. The van der Waals surface area contributed by atoms with E-state index in [1.165, 1.54) is 6.26 Å². The van der Waals surface area contributed by atoms with Crippen molar-refractivity contribution in [2.75, 3.05) is 37.6 Å². The van der Waals surface area contributed by atoms with Gasteiger partial charge in [-0.3, -0.25) is 9.69 Å². The second kappa shape index (κ2) is 7.42. The third-order valence-corrected chi connectivity index (χ3v) is 4.43. The molecule has 25 heavy (non-hydrogen) atoms. The highest BCUT2D eigenvalue weighted by molar-refractivity contribution is 5.93. The SMILES string of the molecule is CCN(C(=O)N1CCN(C(=O)c2ccco2)CC1)c1cccc(C)c1. The lowest BCUT2D eigenvalue weighted by Crippen LogP contribution is -2.54. The molecule has 2 heterocycles. The smallest absolute Gasteiger partial charge is 0.324 e. The molecule has 3 amide bonds. The molecular formula is C19H23N3O3. The third kappa shape index (κ3) is 3.68. The first-order valence-corrected chi connectivity index (χ1v) is 8.56. The summed E-state index contributed by atoms with van der Waals surface area (Å²) in [5.41, 5.74) is 2.03. The molecule has 1 aromatic heterocycles. The van der Waals surface area contributed by atoms with E-state index in [0.717, 1.165) is 11.3 Å². The van der Waals surface area contributed by atoms with Gasteiger partial charge in [-0.15, -0.1) is 0 Å². The fourth-order valence-corrected chi connectivity index (χ4v) is 3.05. The normalized spacial score (nSPS) is 14.5. The lowest BCUT2D eigenvalue weighted by molar-refractivity contribution is 0.0637. The van der Waals surface area contributed by atoms with Crippen LogP contribution in [0.1, 0.15) is 23.0 Å². The Hall–Kier alpha value is -2.76. The molecule has 0 N–H and O–H groups in total. The number of hydrogen-bond donors (Lipinski definition) is 0. The van der Waals surface area contributed by atoms with Gasteiger partial charge in [0.05, 0.1) is 6.26 Å². The van der Waals surface area contributed by atoms with Crippen LogP contribution in [0.2, 0.25) is 0 Å². The molecule has 6 heteroatoms. The Balaban J connectivity index is 1.63. The Morgan fingerprint density at radius 3 is 2.40 bits per heavy atom. The molecule has 0 spiro atoms. The van der Waals surface area contributed by atoms with Gasteiger partial charge in [-0.05, 0) is 43.7 Å². The molecule has 1 aliphatic heterocycles. The number of piperazine rings is 1. The van der Waals surface area contributed by atoms with Gasteiger partial charge in [-0.2, -0.15) is 0 Å². The predicted octanol–water partition coefficient (Wildman–Crippen LogP) is 2.99. The maximum Gasteiger partial charge on any atom is 0.324 e. The number of nitrogens with zero attached hydrogens (tertiary/aromatic N) is 3. The first kappa shape index (κ1) is 17.1. The highest BCUT2D eigenvalue weighted by Crippen LogP contribution is 2.19. The lowest BCUT2D eigenvalue weighted by Gasteiger charge is -2.37. The number of aryl methyl sites for hydroxylation is 1. The molecule has 1 aromatic carbocycles. The Bertz CT molecular complexity index is 734. The number of hydrogen-bond acceptors (Lipinski definition) is 3. The molecule has 0 bridgehead atoms. The van der Waals surface area contributed by atoms with Crippen LogP contribution in [-0.2, 0) is 0 Å². The number of amides is 3. The van der Waals surface area contributed by atoms with Gasteiger partial charge in [-0.25, -0.2) is 4.79 Å². The third-order valence-electron chi connectivity index (χ3n) is 4.43. The molecule has 132 valence electrons. The van der Waals surface area contributed by atoms with Crippen LogP contribution in [0.3, 0.4) is 0 Å². The molecule has 1 aliphatic rings. The number of benzene rings is 1. The van der Waals surface area contributed by atoms with Gasteiger partial charge in [0.2, 0.25) is 0 Å². The van der Waals surface area contributed by atoms with Crippen molar-refractivity contribution in [1.29, 1.82) is 0 Å². The summed E-state index contributed by atoms with van der Waals surface area (Å²) in [5, 5.41) is 0. The molecule has 3 rings (SSSR count). The second-order valence-corrected chi connectivity index (χ2v) is 6.12. The van der Waals surface area contributed by atoms with E-state index in [0.29, 0.717) is 38.5 Å². The molecule has 2 aromatic rings. The summed E-state index contributed by atoms with van der Waals surface area (Å²) in [6.45, 7) is 6.65. The topological polar surface area (TPSA) is 57.0 Å². The van der Waals surface area contributed by atoms with E-state index in [1.54, 1.807) is 26.8 Å². The molecule has 0 saturated carbocycles. The summed E-state index contributed by atoms with van der Waals surface area (Å²) in [7, 11) is 0. The van der Waals surface area contributed by atoms with Crippen molar-refractivity contribution in [3.05, 3.63) is 54.0 Å². The first-order valence-electron chi connectivity index (χ1n) is 8.56. The minimum atomic E-state index is -0.122. The predicted molar refractivity (Wildman–Crippen MR) is 95.8 cm³/mol. The summed E-state index contributed by atoms with van der Waals surface area (Å²) >= 11 is 0. The zero-order valence-electron chi connectivity index (χ0n) is 14.6. The van der Waals surface area contributed by atoms with Crippen molar-refractivity contribution in [1.82, 2.24) is 9.80 Å². The average Bonchev–Trinajstić information content (AvgIpc) is 3.16. The Labute approximate surface area is 147 Å². The van der Waals surface area contributed by atoms with Crippen LogP contribution in [0.15, 0.2) is 47.1 Å². The maximum absolute atomic E-state index is 12.9. The Morgan fingerprint density at radius 2 is 1.80 bits per heavy atom. The maximum atomic E-state index is 12.9. The van der Waals surface area contributed by atoms with Gasteiger partial charge in [0, 0.05) is 38.4 Å². The van der Waals surface area contributed by atoms with Crippen LogP contribution >= 0.6 is 0 Å². The summed E-state index contributed by atoms with van der Waals surface area (Å²) in [6, 6.07) is 11.3. The number of anilines is 1. The largest absolute Gasteiger partial charge is 0.459 e. The van der Waals surface area contributed by atoms with Crippen LogP contribution < -0.4 is 4.90 Å². The summed E-state index contributed by atoms with van der Waals surface area (Å²) in [5.74, 6) is 0.220. The van der Waals surface area contributed by atoms with E-state index in [9.17, 15) is 9.59 Å². The van der Waals surface area contributed by atoms with E-state index in [4.69, 9.17) is 4.42 Å². The van der Waals surface area contributed by atoms with E-state index >= 15 is 0 Å². The number of rotatable bonds is 3. The summed E-state index contributed by atoms with van der Waals surface area (Å²) < 4.78 is 5.17. The monoisotopic (exact) mass is 341 g/mol. The highest BCUT2D eigenvalue weighted by atomic mass is 16.3. The van der Waals surface area contributed by atoms with Gasteiger partial charge >= 0.3 is 6.03 Å². The van der Waals surface area contributed by atoms with Crippen molar-refractivity contribution in [2.45, 2.75) is 13.8 Å². The Morgan fingerprint density at radius 1 is 1.08 bits per heavy atom. The number of furan rings is 1. The van der Waals surface area contributed by atoms with Gasteiger partial charge in [0.25, 0.3) is 5.91 Å². The number of carbonyl (C=O) groups is 2. The lowest BCUT2D eigenvalue weighted by atomic mass is 10.2. The number of urea groups is 1. The van der Waals surface area contributed by atoms with Gasteiger partial charge < -0.3 is 14.2 Å². The minimum Gasteiger partial charge on any atom is -0.459 e. The summed E-state index contributed by atoms with van der Waals surface area (Å²) in [4.78, 5) is 30.5. The van der Waals surface area contributed by atoms with Crippen molar-refractivity contribution < 1.29 is 14.0 Å². The van der Waals surface area contributed by atoms with Crippen LogP contribution in [0.5, 0.6) is 0 Å². The molecular weight excluding hydrogens is 318 g/mol. The van der Waals surface area contributed by atoms with E-state index in [-0.39, 0.29) is 11.9 Å². The minimum absolute atomic E-state index is 0.0156. The molecule has 1 fully saturated rings. The standard InChI is InChI=1S/C19H23N3O3/c1-3-22(16-7-4-6-15(2)14-16)19(24)21-11-9-20(10-12-21)18(23)17-8-5-13-25-17/h4-8,13-14H,3,9-12H2,1-2H3. The van der Waals surface area contributed by atoms with Crippen molar-refractivity contribution in [2.24, 2.45) is 0 Å². The van der Waals surface area contributed by atoms with E-state index < -0.39 is 0 Å². The fraction of sp³-hybridized carbons (Fsp3) is 0.368. The van der Waals surface area contributed by atoms with E-state index in [2.05, 4.69) is 0 Å². The van der Waals surface area contributed by atoms with Crippen LogP contribution in [0.25, 0.3) is 0 Å². The molecule has 6 nitrogen and oxygen atoms in total. The molecule has 0 unspecified atom stereocenters. The summed E-state index contributed by atoms with van der Waals surface area (Å²) in [6.07, 6.45) is 1.49. The molecule has 0 radical (unpaired) electrons. The second-order valence-electron chi connectivity index (χ2n) is 6.12. The van der Waals surface area contributed by atoms with Crippen molar-refractivity contribution >= 4 is 17.6 Å². The van der Waals surface area contributed by atoms with Gasteiger partial charge in [0.1, 0.15) is 0 Å². The average molecular weight is 341 g/mol. The van der Waals surface area contributed by atoms with Crippen LogP contribution in [0.4, 0.5) is 10.5 Å².